The molecule has 11 heteroatoms. The summed E-state index contributed by atoms with van der Waals surface area (Å²) in [6.07, 6.45) is 8.77. The summed E-state index contributed by atoms with van der Waals surface area (Å²) in [4.78, 5) is 21.8. The molecule has 8 atom stereocenters. The van der Waals surface area contributed by atoms with Gasteiger partial charge in [-0.25, -0.2) is 9.69 Å². The fraction of sp³-hybridized carbons (Fsp3) is 0.700. The number of aliphatic hydroxyl groups excluding tert-OH is 1. The first-order chi connectivity index (χ1) is 14.9. The standard InChI is InChI=1S/C20H29N5O4S2/c1-28-15-6-4-13-16(22-15)31-17(21-13)23-18(26)24-10-20(7-8-25(20)19(27)29-2)12-9-11(30)3-5-14(12)24/h3-6,11-16,19,22,27,30H,7-10H2,1-2H3,(H,21,23,26)/t11?,12?,13?,14?,15?,16?,19?,20-/m1/s1. The molecule has 0 aromatic rings. The van der Waals surface area contributed by atoms with E-state index in [0.29, 0.717) is 11.7 Å². The normalized spacial score (nSPS) is 42.2. The van der Waals surface area contributed by atoms with Crippen LogP contribution in [0.3, 0.4) is 0 Å². The van der Waals surface area contributed by atoms with Gasteiger partial charge in [-0.3, -0.25) is 15.6 Å². The molecule has 4 aliphatic heterocycles. The molecule has 1 spiro atoms. The number of rotatable bonds is 3. The van der Waals surface area contributed by atoms with Gasteiger partial charge in [-0.2, -0.15) is 12.6 Å². The van der Waals surface area contributed by atoms with Gasteiger partial charge < -0.3 is 19.5 Å². The van der Waals surface area contributed by atoms with Crippen LogP contribution in [-0.2, 0) is 9.47 Å². The molecule has 3 N–H and O–H groups in total. The number of likely N-dealkylation sites (tertiary alicyclic amines) is 2. The number of aliphatic imine (C=N–C) groups is 1. The highest BCUT2D eigenvalue weighted by Crippen LogP contribution is 2.51. The molecular weight excluding hydrogens is 438 g/mol. The molecule has 5 rings (SSSR count). The molecule has 31 heavy (non-hydrogen) atoms. The number of urea groups is 1. The maximum absolute atomic E-state index is 13.3. The Morgan fingerprint density at radius 3 is 2.97 bits per heavy atom. The van der Waals surface area contributed by atoms with Crippen molar-refractivity contribution in [3.05, 3.63) is 24.3 Å². The Bertz CT molecular complexity index is 825. The summed E-state index contributed by atoms with van der Waals surface area (Å²) in [5.41, 5.74) is -0.294. The van der Waals surface area contributed by atoms with E-state index in [2.05, 4.69) is 40.4 Å². The minimum absolute atomic E-state index is 0.0251. The van der Waals surface area contributed by atoms with Crippen molar-refractivity contribution >= 4 is 35.6 Å². The number of hydrogen-bond acceptors (Lipinski definition) is 9. The maximum Gasteiger partial charge on any atom is 0.323 e. The van der Waals surface area contributed by atoms with Crippen LogP contribution >= 0.6 is 24.4 Å². The topological polar surface area (TPSA) is 98.7 Å². The van der Waals surface area contributed by atoms with Gasteiger partial charge in [0.15, 0.2) is 5.17 Å². The van der Waals surface area contributed by atoms with E-state index >= 15 is 0 Å². The predicted octanol–water partition coefficient (Wildman–Crippen LogP) is 0.551. The summed E-state index contributed by atoms with van der Waals surface area (Å²) in [6, 6.07) is -0.228. The number of carbonyl (C=O) groups excluding carboxylic acids is 1. The molecule has 1 aliphatic carbocycles. The van der Waals surface area contributed by atoms with Crippen molar-refractivity contribution in [3.8, 4) is 0 Å². The highest BCUT2D eigenvalue weighted by atomic mass is 32.2. The number of amidine groups is 1. The van der Waals surface area contributed by atoms with E-state index in [1.54, 1.807) is 7.11 Å². The van der Waals surface area contributed by atoms with Crippen molar-refractivity contribution in [1.29, 1.82) is 0 Å². The van der Waals surface area contributed by atoms with Crippen molar-refractivity contribution in [2.45, 2.75) is 53.7 Å². The van der Waals surface area contributed by atoms with Crippen molar-refractivity contribution < 1.29 is 19.4 Å². The summed E-state index contributed by atoms with van der Waals surface area (Å²) in [5.74, 6) is 0.192. The second-order valence-corrected chi connectivity index (χ2v) is 10.4. The summed E-state index contributed by atoms with van der Waals surface area (Å²) in [5, 5.41) is 17.5. The van der Waals surface area contributed by atoms with E-state index in [4.69, 9.17) is 9.47 Å². The molecule has 9 nitrogen and oxygen atoms in total. The first-order valence-electron chi connectivity index (χ1n) is 10.6. The Balaban J connectivity index is 1.32. The summed E-state index contributed by atoms with van der Waals surface area (Å²) >= 11 is 6.17. The average molecular weight is 468 g/mol. The molecular formula is C20H29N5O4S2. The lowest BCUT2D eigenvalue weighted by Gasteiger charge is -2.55. The minimum Gasteiger partial charge on any atom is -0.363 e. The van der Waals surface area contributed by atoms with Gasteiger partial charge in [0.1, 0.15) is 6.23 Å². The van der Waals surface area contributed by atoms with Crippen LogP contribution in [0.15, 0.2) is 29.3 Å². The lowest BCUT2D eigenvalue weighted by atomic mass is 9.70. The van der Waals surface area contributed by atoms with Gasteiger partial charge in [0.05, 0.1) is 17.5 Å². The van der Waals surface area contributed by atoms with E-state index < -0.39 is 6.41 Å². The first-order valence-corrected chi connectivity index (χ1v) is 12.0. The number of aliphatic hydroxyl groups is 1. The molecule has 0 radical (unpaired) electrons. The molecule has 2 saturated heterocycles. The Kier molecular flexibility index (Phi) is 5.87. The largest absolute Gasteiger partial charge is 0.363 e. The fourth-order valence-electron chi connectivity index (χ4n) is 5.50. The van der Waals surface area contributed by atoms with Gasteiger partial charge in [-0.1, -0.05) is 30.0 Å². The van der Waals surface area contributed by atoms with Gasteiger partial charge in [0.25, 0.3) is 0 Å². The van der Waals surface area contributed by atoms with Crippen molar-refractivity contribution in [1.82, 2.24) is 20.4 Å². The highest BCUT2D eigenvalue weighted by molar-refractivity contribution is 8.14. The minimum atomic E-state index is -0.967. The fourth-order valence-corrected chi connectivity index (χ4v) is 6.88. The number of fused-ring (bicyclic) bond motifs is 3. The number of ether oxygens (including phenoxy) is 2. The van der Waals surface area contributed by atoms with Gasteiger partial charge in [-0.15, -0.1) is 0 Å². The van der Waals surface area contributed by atoms with Gasteiger partial charge in [0, 0.05) is 44.0 Å². The second-order valence-electron chi connectivity index (χ2n) is 8.62. The zero-order valence-corrected chi connectivity index (χ0v) is 19.3. The number of carbonyl (C=O) groups is 1. The third-order valence-electron chi connectivity index (χ3n) is 7.12. The number of thioether (sulfide) groups is 1. The van der Waals surface area contributed by atoms with Crippen LogP contribution < -0.4 is 10.6 Å². The van der Waals surface area contributed by atoms with Crippen molar-refractivity contribution in [2.75, 3.05) is 27.3 Å². The molecule has 0 aromatic carbocycles. The molecule has 4 heterocycles. The Morgan fingerprint density at radius 1 is 1.42 bits per heavy atom. The summed E-state index contributed by atoms with van der Waals surface area (Å²) < 4.78 is 10.5. The number of nitrogens with one attached hydrogen (secondary N) is 2. The molecule has 7 unspecified atom stereocenters. The second kappa shape index (κ2) is 8.36. The Labute approximate surface area is 191 Å². The highest BCUT2D eigenvalue weighted by Gasteiger charge is 2.62. The molecule has 170 valence electrons. The van der Waals surface area contributed by atoms with Crippen LogP contribution in [0, 0.1) is 5.92 Å². The van der Waals surface area contributed by atoms with Gasteiger partial charge >= 0.3 is 6.03 Å². The lowest BCUT2D eigenvalue weighted by molar-refractivity contribution is -0.250. The van der Waals surface area contributed by atoms with E-state index in [1.807, 2.05) is 22.0 Å². The van der Waals surface area contributed by atoms with Crippen LogP contribution in [0.1, 0.15) is 12.8 Å². The Morgan fingerprint density at radius 2 is 2.26 bits per heavy atom. The Hall–Kier alpha value is -1.08. The quantitative estimate of drug-likeness (QED) is 0.273. The molecule has 5 aliphatic rings. The number of methoxy groups -OCH3 is 2. The predicted molar refractivity (Wildman–Crippen MR) is 122 cm³/mol. The van der Waals surface area contributed by atoms with E-state index in [1.165, 1.54) is 18.9 Å². The van der Waals surface area contributed by atoms with Gasteiger partial charge in [0.2, 0.25) is 6.41 Å². The number of nitrogens with zero attached hydrogens (tertiary/aromatic N) is 3. The SMILES string of the molecule is COC1C=CC2N=C(NC(=O)N3C[C@]4(CCN4C(O)OC)C4CC(S)C=CC43)SC2N1. The van der Waals surface area contributed by atoms with Crippen LogP contribution in [-0.4, -0.2) is 94.3 Å². The monoisotopic (exact) mass is 467 g/mol. The molecule has 0 aromatic heterocycles. The number of thiol groups is 1. The first kappa shape index (κ1) is 21.7. The van der Waals surface area contributed by atoms with Gasteiger partial charge in [-0.05, 0) is 18.9 Å². The summed E-state index contributed by atoms with van der Waals surface area (Å²) in [7, 11) is 3.16. The van der Waals surface area contributed by atoms with Crippen LogP contribution in [0.2, 0.25) is 0 Å². The summed E-state index contributed by atoms with van der Waals surface area (Å²) in [6.45, 7) is 1.29. The number of amides is 2. The maximum atomic E-state index is 13.3. The molecule has 2 amide bonds. The van der Waals surface area contributed by atoms with Crippen LogP contribution in [0.5, 0.6) is 0 Å². The third-order valence-corrected chi connectivity index (χ3v) is 8.61. The molecule has 2 fully saturated rings. The smallest absolute Gasteiger partial charge is 0.323 e. The van der Waals surface area contributed by atoms with Crippen LogP contribution in [0.4, 0.5) is 4.79 Å². The van der Waals surface area contributed by atoms with Crippen LogP contribution in [0.25, 0.3) is 0 Å². The third kappa shape index (κ3) is 3.64. The molecule has 0 bridgehead atoms. The zero-order valence-electron chi connectivity index (χ0n) is 17.5. The van der Waals surface area contributed by atoms with E-state index in [9.17, 15) is 9.90 Å². The average Bonchev–Trinajstić information content (AvgIpc) is 3.31. The van der Waals surface area contributed by atoms with E-state index in [-0.39, 0.29) is 46.4 Å². The zero-order chi connectivity index (χ0) is 21.8. The van der Waals surface area contributed by atoms with E-state index in [0.717, 1.165) is 19.4 Å². The lowest BCUT2D eigenvalue weighted by Crippen LogP contribution is -2.68. The van der Waals surface area contributed by atoms with Crippen molar-refractivity contribution in [3.63, 3.8) is 0 Å². The molecule has 0 saturated carbocycles. The van der Waals surface area contributed by atoms with Crippen molar-refractivity contribution in [2.24, 2.45) is 10.9 Å². The number of hydrogen-bond donors (Lipinski definition) is 4.